The molecule has 0 aliphatic carbocycles. The van der Waals surface area contributed by atoms with Gasteiger partial charge in [0.05, 0.1) is 24.0 Å². The summed E-state index contributed by atoms with van der Waals surface area (Å²) in [6.07, 6.45) is 5.40. The van der Waals surface area contributed by atoms with Crippen molar-refractivity contribution in [2.75, 3.05) is 24.0 Å². The summed E-state index contributed by atoms with van der Waals surface area (Å²) in [7, 11) is -2.21. The van der Waals surface area contributed by atoms with Gasteiger partial charge in [0, 0.05) is 34.9 Å². The predicted octanol–water partition coefficient (Wildman–Crippen LogP) is 3.21. The zero-order chi connectivity index (χ0) is 21.5. The lowest BCUT2D eigenvalue weighted by Gasteiger charge is -2.38. The van der Waals surface area contributed by atoms with Crippen molar-refractivity contribution in [2.45, 2.75) is 38.3 Å². The first-order valence-corrected chi connectivity index (χ1v) is 11.9. The Morgan fingerprint density at radius 3 is 2.77 bits per heavy atom. The summed E-state index contributed by atoms with van der Waals surface area (Å²) >= 11 is 0. The highest BCUT2D eigenvalue weighted by molar-refractivity contribution is 7.92. The van der Waals surface area contributed by atoms with E-state index in [1.165, 1.54) is 23.0 Å². The van der Waals surface area contributed by atoms with Gasteiger partial charge >= 0.3 is 0 Å². The maximum absolute atomic E-state index is 13.1. The van der Waals surface area contributed by atoms with Crippen molar-refractivity contribution in [3.8, 4) is 11.4 Å². The van der Waals surface area contributed by atoms with E-state index < -0.39 is 16.2 Å². The van der Waals surface area contributed by atoms with Crippen LogP contribution in [0, 0.1) is 0 Å². The molecule has 4 heterocycles. The average molecular weight is 436 g/mol. The Morgan fingerprint density at radius 1 is 1.23 bits per heavy atom. The zero-order valence-electron chi connectivity index (χ0n) is 16.9. The lowest BCUT2D eigenvalue weighted by molar-refractivity contribution is 0.144. The highest BCUT2D eigenvalue weighted by atomic mass is 32.2. The molecule has 160 valence electrons. The van der Waals surface area contributed by atoms with Crippen LogP contribution >= 0.6 is 0 Å². The molecule has 0 amide bonds. The quantitative estimate of drug-likeness (QED) is 0.625. The molecule has 1 aliphatic heterocycles. The highest BCUT2D eigenvalue weighted by Crippen LogP contribution is 2.28. The first kappa shape index (κ1) is 20.6. The maximum Gasteiger partial charge on any atom is 0.282 e. The number of hydrogen-bond acceptors (Lipinski definition) is 7. The van der Waals surface area contributed by atoms with Gasteiger partial charge in [0.2, 0.25) is 0 Å². The molecule has 0 saturated carbocycles. The second-order valence-electron chi connectivity index (χ2n) is 7.66. The summed E-state index contributed by atoms with van der Waals surface area (Å²) in [6.45, 7) is 2.84. The van der Waals surface area contributed by atoms with Gasteiger partial charge in [-0.1, -0.05) is 0 Å². The Kier molecular flexibility index (Phi) is 5.39. The van der Waals surface area contributed by atoms with E-state index in [2.05, 4.69) is 29.3 Å². The first-order chi connectivity index (χ1) is 14.2. The van der Waals surface area contributed by atoms with Crippen molar-refractivity contribution in [3.05, 3.63) is 36.4 Å². The standard InChI is InChI=1S/C19H23F2N7OS/c1-12-13(26-30(2,3)29)5-4-8-27(12)18-9-15(23-11-24-18)16-10-22-17-7-6-14(19(20)21)25-28(16)17/h6-7,9-13,19H,4-5,8H2,1-3H3/t12-,13-/m0/s1. The average Bonchev–Trinajstić information content (AvgIpc) is 3.12. The summed E-state index contributed by atoms with van der Waals surface area (Å²) in [5, 5.41) is 4.00. The minimum atomic E-state index is -2.67. The summed E-state index contributed by atoms with van der Waals surface area (Å²) < 4.78 is 44.2. The van der Waals surface area contributed by atoms with E-state index in [-0.39, 0.29) is 17.8 Å². The molecule has 11 heteroatoms. The van der Waals surface area contributed by atoms with Gasteiger partial charge in [-0.3, -0.25) is 4.21 Å². The van der Waals surface area contributed by atoms with Crippen LogP contribution in [0.4, 0.5) is 14.6 Å². The number of halogens is 2. The number of rotatable bonds is 4. The molecule has 0 spiro atoms. The number of alkyl halides is 2. The molecule has 0 bridgehead atoms. The first-order valence-electron chi connectivity index (χ1n) is 9.61. The third-order valence-corrected chi connectivity index (χ3v) is 5.93. The van der Waals surface area contributed by atoms with Crippen LogP contribution in [-0.4, -0.2) is 59.9 Å². The van der Waals surface area contributed by atoms with E-state index in [1.807, 2.05) is 6.92 Å². The van der Waals surface area contributed by atoms with Crippen molar-refractivity contribution in [1.29, 1.82) is 0 Å². The zero-order valence-corrected chi connectivity index (χ0v) is 17.8. The van der Waals surface area contributed by atoms with Gasteiger partial charge in [-0.05, 0) is 31.9 Å². The van der Waals surface area contributed by atoms with Crippen LogP contribution in [0.3, 0.4) is 0 Å². The molecule has 0 N–H and O–H groups in total. The third-order valence-electron chi connectivity index (χ3n) is 5.15. The Labute approximate surface area is 173 Å². The van der Waals surface area contributed by atoms with Gasteiger partial charge in [-0.2, -0.15) is 5.10 Å². The molecule has 1 saturated heterocycles. The molecule has 2 atom stereocenters. The fourth-order valence-corrected chi connectivity index (χ4v) is 4.67. The molecular weight excluding hydrogens is 412 g/mol. The summed E-state index contributed by atoms with van der Waals surface area (Å²) in [4.78, 5) is 15.1. The van der Waals surface area contributed by atoms with Crippen molar-refractivity contribution in [2.24, 2.45) is 4.36 Å². The van der Waals surface area contributed by atoms with Gasteiger partial charge in [0.15, 0.2) is 5.65 Å². The number of piperidine rings is 1. The molecule has 0 radical (unpaired) electrons. The number of imidazole rings is 1. The number of fused-ring (bicyclic) bond motifs is 1. The number of aromatic nitrogens is 5. The molecule has 8 nitrogen and oxygen atoms in total. The van der Waals surface area contributed by atoms with E-state index >= 15 is 0 Å². The molecule has 1 aliphatic rings. The van der Waals surface area contributed by atoms with Gasteiger partial charge in [0.1, 0.15) is 23.5 Å². The van der Waals surface area contributed by atoms with Crippen LogP contribution in [0.2, 0.25) is 0 Å². The van der Waals surface area contributed by atoms with E-state index in [9.17, 15) is 13.0 Å². The second kappa shape index (κ2) is 7.86. The summed E-state index contributed by atoms with van der Waals surface area (Å²) in [5.41, 5.74) is 1.17. The topological polar surface area (TPSA) is 88.6 Å². The van der Waals surface area contributed by atoms with E-state index in [0.29, 0.717) is 22.9 Å². The van der Waals surface area contributed by atoms with Crippen molar-refractivity contribution in [1.82, 2.24) is 24.6 Å². The molecule has 3 aromatic rings. The minimum absolute atomic E-state index is 0.0213. The van der Waals surface area contributed by atoms with Gasteiger partial charge < -0.3 is 4.90 Å². The number of nitrogens with zero attached hydrogens (tertiary/aromatic N) is 7. The Hall–Kier alpha value is -2.69. The van der Waals surface area contributed by atoms with Crippen LogP contribution in [0.15, 0.2) is 35.1 Å². The SMILES string of the molecule is C[C@H]1[C@@H](N=S(C)(C)=O)CCCN1c1cc(-c2cnc3ccc(C(F)F)nn23)ncn1. The smallest absolute Gasteiger partial charge is 0.282 e. The van der Waals surface area contributed by atoms with Crippen molar-refractivity contribution in [3.63, 3.8) is 0 Å². The van der Waals surface area contributed by atoms with Gasteiger partial charge in [-0.25, -0.2) is 32.6 Å². The highest BCUT2D eigenvalue weighted by Gasteiger charge is 2.29. The molecule has 0 unspecified atom stereocenters. The fourth-order valence-electron chi connectivity index (χ4n) is 3.74. The second-order valence-corrected chi connectivity index (χ2v) is 10.2. The largest absolute Gasteiger partial charge is 0.352 e. The third kappa shape index (κ3) is 4.11. The fraction of sp³-hybridized carbons (Fsp3) is 0.474. The lowest BCUT2D eigenvalue weighted by Crippen LogP contribution is -2.46. The summed E-state index contributed by atoms with van der Waals surface area (Å²) in [6, 6.07) is 4.54. The van der Waals surface area contributed by atoms with Gasteiger partial charge in [-0.15, -0.1) is 0 Å². The normalized spacial score (nSPS) is 20.1. The van der Waals surface area contributed by atoms with Crippen LogP contribution in [0.1, 0.15) is 31.9 Å². The molecule has 30 heavy (non-hydrogen) atoms. The van der Waals surface area contributed by atoms with E-state index in [4.69, 9.17) is 0 Å². The van der Waals surface area contributed by atoms with Crippen LogP contribution < -0.4 is 4.90 Å². The van der Waals surface area contributed by atoms with Gasteiger partial charge in [0.25, 0.3) is 6.43 Å². The van der Waals surface area contributed by atoms with Crippen LogP contribution in [0.5, 0.6) is 0 Å². The monoisotopic (exact) mass is 435 g/mol. The number of anilines is 1. The van der Waals surface area contributed by atoms with Crippen molar-refractivity contribution >= 4 is 21.2 Å². The van der Waals surface area contributed by atoms with Crippen LogP contribution in [0.25, 0.3) is 17.0 Å². The summed E-state index contributed by atoms with van der Waals surface area (Å²) in [5.74, 6) is 0.700. The molecule has 4 rings (SSSR count). The maximum atomic E-state index is 13.1. The minimum Gasteiger partial charge on any atom is -0.352 e. The van der Waals surface area contributed by atoms with E-state index in [1.54, 1.807) is 24.8 Å². The Bertz CT molecular complexity index is 1180. The van der Waals surface area contributed by atoms with Crippen LogP contribution in [-0.2, 0) is 9.73 Å². The molecule has 1 fully saturated rings. The van der Waals surface area contributed by atoms with Crippen molar-refractivity contribution < 1.29 is 13.0 Å². The molecular formula is C19H23F2N7OS. The Balaban J connectivity index is 1.71. The predicted molar refractivity (Wildman–Crippen MR) is 111 cm³/mol. The lowest BCUT2D eigenvalue weighted by atomic mass is 9.98. The van der Waals surface area contributed by atoms with E-state index in [0.717, 1.165) is 19.4 Å². The number of hydrogen-bond donors (Lipinski definition) is 0. The molecule has 3 aromatic heterocycles. The molecule has 0 aromatic carbocycles. The Morgan fingerprint density at radius 2 is 2.03 bits per heavy atom.